The molecule has 1 heterocycles. The van der Waals surface area contributed by atoms with E-state index in [0.717, 1.165) is 0 Å². The minimum Gasteiger partial charge on any atom is -0.495 e. The molecule has 132 valence electrons. The van der Waals surface area contributed by atoms with Gasteiger partial charge >= 0.3 is 0 Å². The first kappa shape index (κ1) is 18.1. The van der Waals surface area contributed by atoms with Gasteiger partial charge in [-0.25, -0.2) is 8.78 Å². The third kappa shape index (κ3) is 4.41. The fraction of sp³-hybridized carbons (Fsp3) is 0.500. The van der Waals surface area contributed by atoms with Crippen molar-refractivity contribution in [3.63, 3.8) is 0 Å². The van der Waals surface area contributed by atoms with Gasteiger partial charge in [-0.2, -0.15) is 0 Å². The van der Waals surface area contributed by atoms with Crippen LogP contribution in [0.4, 0.5) is 14.5 Å². The second-order valence-corrected chi connectivity index (χ2v) is 5.59. The molecule has 2 N–H and O–H groups in total. The third-order valence-electron chi connectivity index (χ3n) is 3.82. The van der Waals surface area contributed by atoms with E-state index in [0.29, 0.717) is 11.4 Å². The summed E-state index contributed by atoms with van der Waals surface area (Å²) in [4.78, 5) is 25.7. The minimum absolute atomic E-state index is 0.211. The van der Waals surface area contributed by atoms with Crippen molar-refractivity contribution >= 4 is 17.5 Å². The topological polar surface area (TPSA) is 70.7 Å². The number of amides is 2. The lowest BCUT2D eigenvalue weighted by atomic mass is 10.1. The van der Waals surface area contributed by atoms with E-state index < -0.39 is 36.7 Å². The van der Waals surface area contributed by atoms with Gasteiger partial charge in [0.25, 0.3) is 5.92 Å². The summed E-state index contributed by atoms with van der Waals surface area (Å²) in [6.45, 7) is 1.22. The molecule has 0 bridgehead atoms. The molecule has 0 aliphatic carbocycles. The lowest BCUT2D eigenvalue weighted by Crippen LogP contribution is -2.46. The maximum absolute atomic E-state index is 13.2. The Bertz CT molecular complexity index is 610. The van der Waals surface area contributed by atoms with E-state index in [1.54, 1.807) is 31.2 Å². The molecule has 2 rings (SSSR count). The number of ether oxygens (including phenoxy) is 1. The van der Waals surface area contributed by atoms with Crippen molar-refractivity contribution in [2.75, 3.05) is 32.1 Å². The Hall–Kier alpha value is -2.22. The molecule has 1 aliphatic heterocycles. The summed E-state index contributed by atoms with van der Waals surface area (Å²) in [7, 11) is 1.48. The minimum atomic E-state index is -2.89. The molecule has 0 spiro atoms. The molecular formula is C16H21F2N3O3. The zero-order valence-corrected chi connectivity index (χ0v) is 13.6. The number of alkyl halides is 2. The monoisotopic (exact) mass is 341 g/mol. The Morgan fingerprint density at radius 2 is 2.12 bits per heavy atom. The van der Waals surface area contributed by atoms with Crippen molar-refractivity contribution in [3.8, 4) is 5.75 Å². The highest BCUT2D eigenvalue weighted by Gasteiger charge is 2.43. The predicted molar refractivity (Wildman–Crippen MR) is 85.2 cm³/mol. The van der Waals surface area contributed by atoms with Crippen LogP contribution in [0.5, 0.6) is 5.75 Å². The molecule has 1 atom stereocenters. The summed E-state index contributed by atoms with van der Waals surface area (Å²) in [5.41, 5.74) is 0.485. The summed E-state index contributed by atoms with van der Waals surface area (Å²) in [6.07, 6.45) is -0.545. The first-order chi connectivity index (χ1) is 11.4. The van der Waals surface area contributed by atoms with Crippen molar-refractivity contribution in [2.24, 2.45) is 0 Å². The highest BCUT2D eigenvalue weighted by Crippen LogP contribution is 2.26. The SMILES string of the molecule is CCN(CC(=O)Nc1ccccc1OC)C(=O)C1CC(F)(F)CN1. The molecular weight excluding hydrogens is 320 g/mol. The van der Waals surface area contributed by atoms with Gasteiger partial charge in [0.05, 0.1) is 31.9 Å². The average Bonchev–Trinajstić information content (AvgIpc) is 2.92. The van der Waals surface area contributed by atoms with Gasteiger partial charge in [0, 0.05) is 13.0 Å². The van der Waals surface area contributed by atoms with E-state index in [1.807, 2.05) is 0 Å². The molecule has 2 amide bonds. The Balaban J connectivity index is 1.97. The lowest BCUT2D eigenvalue weighted by Gasteiger charge is -2.23. The molecule has 0 radical (unpaired) electrons. The van der Waals surface area contributed by atoms with E-state index in [2.05, 4.69) is 10.6 Å². The first-order valence-corrected chi connectivity index (χ1v) is 7.69. The van der Waals surface area contributed by atoms with Gasteiger partial charge < -0.3 is 15.0 Å². The van der Waals surface area contributed by atoms with Crippen molar-refractivity contribution in [1.29, 1.82) is 0 Å². The molecule has 24 heavy (non-hydrogen) atoms. The highest BCUT2D eigenvalue weighted by molar-refractivity contribution is 5.96. The second kappa shape index (κ2) is 7.57. The fourth-order valence-corrected chi connectivity index (χ4v) is 2.57. The van der Waals surface area contributed by atoms with Gasteiger partial charge in [-0.05, 0) is 19.1 Å². The zero-order valence-electron chi connectivity index (χ0n) is 13.6. The Labute approximate surface area is 139 Å². The molecule has 1 fully saturated rings. The number of likely N-dealkylation sites (N-methyl/N-ethyl adjacent to an activating group) is 1. The molecule has 1 saturated heterocycles. The van der Waals surface area contributed by atoms with Crippen LogP contribution in [0.1, 0.15) is 13.3 Å². The number of hydrogen-bond acceptors (Lipinski definition) is 4. The average molecular weight is 341 g/mol. The number of anilines is 1. The van der Waals surface area contributed by atoms with Crippen LogP contribution < -0.4 is 15.4 Å². The van der Waals surface area contributed by atoms with Gasteiger partial charge in [0.1, 0.15) is 5.75 Å². The van der Waals surface area contributed by atoms with E-state index in [4.69, 9.17) is 4.74 Å². The summed E-state index contributed by atoms with van der Waals surface area (Å²) < 4.78 is 31.6. The van der Waals surface area contributed by atoms with Gasteiger partial charge in [-0.1, -0.05) is 12.1 Å². The van der Waals surface area contributed by atoms with Crippen LogP contribution in [0.15, 0.2) is 24.3 Å². The van der Waals surface area contributed by atoms with Crippen molar-refractivity contribution in [2.45, 2.75) is 25.3 Å². The number of halogens is 2. The largest absolute Gasteiger partial charge is 0.495 e. The Kier molecular flexibility index (Phi) is 5.71. The third-order valence-corrected chi connectivity index (χ3v) is 3.82. The van der Waals surface area contributed by atoms with E-state index in [1.165, 1.54) is 12.0 Å². The summed E-state index contributed by atoms with van der Waals surface area (Å²) in [6, 6.07) is 5.92. The van der Waals surface area contributed by atoms with Gasteiger partial charge in [-0.3, -0.25) is 14.9 Å². The van der Waals surface area contributed by atoms with E-state index >= 15 is 0 Å². The highest BCUT2D eigenvalue weighted by atomic mass is 19.3. The molecule has 1 aliphatic rings. The van der Waals surface area contributed by atoms with E-state index in [9.17, 15) is 18.4 Å². The van der Waals surface area contributed by atoms with Gasteiger partial charge in [0.2, 0.25) is 11.8 Å². The van der Waals surface area contributed by atoms with Crippen LogP contribution in [0.25, 0.3) is 0 Å². The number of nitrogens with one attached hydrogen (secondary N) is 2. The molecule has 0 saturated carbocycles. The van der Waals surface area contributed by atoms with E-state index in [-0.39, 0.29) is 13.1 Å². The van der Waals surface area contributed by atoms with Gasteiger partial charge in [0.15, 0.2) is 0 Å². The number of rotatable bonds is 6. The lowest BCUT2D eigenvalue weighted by molar-refractivity contribution is -0.136. The smallest absolute Gasteiger partial charge is 0.262 e. The number of benzene rings is 1. The van der Waals surface area contributed by atoms with Crippen molar-refractivity contribution < 1.29 is 23.1 Å². The quantitative estimate of drug-likeness (QED) is 0.822. The second-order valence-electron chi connectivity index (χ2n) is 5.59. The van der Waals surface area contributed by atoms with Crippen LogP contribution in [0, 0.1) is 0 Å². The number of methoxy groups -OCH3 is 1. The molecule has 6 nitrogen and oxygen atoms in total. The number of para-hydroxylation sites is 2. The summed E-state index contributed by atoms with van der Waals surface area (Å²) >= 11 is 0. The van der Waals surface area contributed by atoms with Gasteiger partial charge in [-0.15, -0.1) is 0 Å². The molecule has 0 aromatic heterocycles. The molecule has 1 unspecified atom stereocenters. The van der Waals surface area contributed by atoms with Crippen molar-refractivity contribution in [3.05, 3.63) is 24.3 Å². The van der Waals surface area contributed by atoms with Crippen LogP contribution in [0.3, 0.4) is 0 Å². The standard InChI is InChI=1S/C16H21F2N3O3/c1-3-21(15(23)12-8-16(17,18)10-19-12)9-14(22)20-11-6-4-5-7-13(11)24-2/h4-7,12,19H,3,8-10H2,1-2H3,(H,20,22). The fourth-order valence-electron chi connectivity index (χ4n) is 2.57. The predicted octanol–water partition coefficient (Wildman–Crippen LogP) is 1.48. The van der Waals surface area contributed by atoms with Crippen LogP contribution >= 0.6 is 0 Å². The van der Waals surface area contributed by atoms with Crippen molar-refractivity contribution in [1.82, 2.24) is 10.2 Å². The Morgan fingerprint density at radius 1 is 1.42 bits per heavy atom. The number of carbonyl (C=O) groups is 2. The maximum atomic E-state index is 13.2. The number of nitrogens with zero attached hydrogens (tertiary/aromatic N) is 1. The van der Waals surface area contributed by atoms with Crippen LogP contribution in [-0.4, -0.2) is 55.4 Å². The molecule has 1 aromatic carbocycles. The normalized spacial score (nSPS) is 18.9. The molecule has 1 aromatic rings. The summed E-state index contributed by atoms with van der Waals surface area (Å²) in [5, 5.41) is 5.17. The summed E-state index contributed by atoms with van der Waals surface area (Å²) in [5.74, 6) is -3.30. The zero-order chi connectivity index (χ0) is 17.7. The number of hydrogen-bond donors (Lipinski definition) is 2. The van der Waals surface area contributed by atoms with Crippen LogP contribution in [-0.2, 0) is 9.59 Å². The first-order valence-electron chi connectivity index (χ1n) is 7.69. The maximum Gasteiger partial charge on any atom is 0.262 e. The van der Waals surface area contributed by atoms with Crippen LogP contribution in [0.2, 0.25) is 0 Å². The molecule has 8 heteroatoms. The number of carbonyl (C=O) groups excluding carboxylic acids is 2. The Morgan fingerprint density at radius 3 is 2.71 bits per heavy atom.